The minimum absolute atomic E-state index is 0.0934. The van der Waals surface area contributed by atoms with E-state index in [4.69, 9.17) is 0 Å². The second kappa shape index (κ2) is 8.87. The van der Waals surface area contributed by atoms with Crippen LogP contribution in [0.3, 0.4) is 0 Å². The van der Waals surface area contributed by atoms with E-state index in [-0.39, 0.29) is 5.91 Å². The van der Waals surface area contributed by atoms with Crippen LogP contribution in [0.25, 0.3) is 27.8 Å². The first-order chi connectivity index (χ1) is 16.4. The Morgan fingerprint density at radius 1 is 1.18 bits per heavy atom. The van der Waals surface area contributed by atoms with E-state index in [1.54, 1.807) is 7.05 Å². The van der Waals surface area contributed by atoms with E-state index in [9.17, 15) is 4.79 Å². The van der Waals surface area contributed by atoms with E-state index in [0.717, 1.165) is 43.1 Å². The maximum Gasteiger partial charge on any atom is 0.233 e. The Morgan fingerprint density at radius 2 is 1.94 bits per heavy atom. The first-order valence-corrected chi connectivity index (χ1v) is 12.3. The van der Waals surface area contributed by atoms with Crippen molar-refractivity contribution >= 4 is 22.5 Å². The number of aryl methyl sites for hydroxylation is 2. The first kappa shape index (κ1) is 22.6. The Bertz CT molecular complexity index is 1360. The molecule has 34 heavy (non-hydrogen) atoms. The van der Waals surface area contributed by atoms with Gasteiger partial charge < -0.3 is 10.3 Å². The SMILES string of the molecule is CNC(=O)CN1CCC(c2ccc3[nH]c(-c4ccc5nc(C)nn5c4C)c(C(C)C)c3c2)CC1. The van der Waals surface area contributed by atoms with Crippen LogP contribution >= 0.6 is 0 Å². The van der Waals surface area contributed by atoms with E-state index >= 15 is 0 Å². The second-order valence-corrected chi connectivity index (χ2v) is 9.86. The molecule has 0 spiro atoms. The van der Waals surface area contributed by atoms with Crippen LogP contribution in [0.1, 0.15) is 61.2 Å². The molecule has 7 nitrogen and oxygen atoms in total. The number of rotatable bonds is 5. The highest BCUT2D eigenvalue weighted by Crippen LogP contribution is 2.39. The third kappa shape index (κ3) is 3.98. The number of likely N-dealkylation sites (tertiary alicyclic amines) is 1. The average molecular weight is 459 g/mol. The predicted octanol–water partition coefficient (Wildman–Crippen LogP) is 4.54. The van der Waals surface area contributed by atoms with Crippen LogP contribution in [0.5, 0.6) is 0 Å². The number of carbonyl (C=O) groups excluding carboxylic acids is 1. The van der Waals surface area contributed by atoms with Crippen LogP contribution in [0.4, 0.5) is 0 Å². The van der Waals surface area contributed by atoms with Crippen LogP contribution in [-0.2, 0) is 4.79 Å². The highest BCUT2D eigenvalue weighted by molar-refractivity contribution is 5.92. The zero-order valence-electron chi connectivity index (χ0n) is 20.8. The van der Waals surface area contributed by atoms with Gasteiger partial charge in [0, 0.05) is 23.5 Å². The Kier molecular flexibility index (Phi) is 5.90. The zero-order valence-corrected chi connectivity index (χ0v) is 20.8. The zero-order chi connectivity index (χ0) is 24.0. The molecule has 7 heteroatoms. The molecule has 0 saturated carbocycles. The lowest BCUT2D eigenvalue weighted by molar-refractivity contribution is -0.122. The largest absolute Gasteiger partial charge is 0.358 e. The molecule has 3 aromatic heterocycles. The summed E-state index contributed by atoms with van der Waals surface area (Å²) in [5.74, 6) is 1.78. The highest BCUT2D eigenvalue weighted by Gasteiger charge is 2.24. The summed E-state index contributed by atoms with van der Waals surface area (Å²) in [6, 6.07) is 11.1. The van der Waals surface area contributed by atoms with Gasteiger partial charge in [-0.15, -0.1) is 0 Å². The molecule has 1 saturated heterocycles. The third-order valence-corrected chi connectivity index (χ3v) is 7.26. The van der Waals surface area contributed by atoms with Gasteiger partial charge in [0.25, 0.3) is 0 Å². The highest BCUT2D eigenvalue weighted by atomic mass is 16.1. The summed E-state index contributed by atoms with van der Waals surface area (Å²) in [6.07, 6.45) is 2.16. The number of carbonyl (C=O) groups is 1. The van der Waals surface area contributed by atoms with E-state index < -0.39 is 0 Å². The van der Waals surface area contributed by atoms with Gasteiger partial charge in [0.1, 0.15) is 5.82 Å². The lowest BCUT2D eigenvalue weighted by Crippen LogP contribution is -2.40. The fourth-order valence-electron chi connectivity index (χ4n) is 5.45. The molecule has 4 heterocycles. The minimum Gasteiger partial charge on any atom is -0.358 e. The van der Waals surface area contributed by atoms with Crippen LogP contribution in [0, 0.1) is 13.8 Å². The fraction of sp³-hybridized carbons (Fsp3) is 0.444. The van der Waals surface area contributed by atoms with E-state index in [1.165, 1.54) is 33.3 Å². The van der Waals surface area contributed by atoms with Gasteiger partial charge in [0.15, 0.2) is 5.65 Å². The lowest BCUT2D eigenvalue weighted by atomic mass is 9.87. The molecule has 1 fully saturated rings. The third-order valence-electron chi connectivity index (χ3n) is 7.26. The second-order valence-electron chi connectivity index (χ2n) is 9.86. The lowest BCUT2D eigenvalue weighted by Gasteiger charge is -2.31. The number of nitrogens with zero attached hydrogens (tertiary/aromatic N) is 4. The van der Waals surface area contributed by atoms with Crippen molar-refractivity contribution in [2.75, 3.05) is 26.7 Å². The number of fused-ring (bicyclic) bond motifs is 2. The molecule has 4 aromatic rings. The number of aromatic nitrogens is 4. The van der Waals surface area contributed by atoms with E-state index in [0.29, 0.717) is 18.4 Å². The van der Waals surface area contributed by atoms with Gasteiger partial charge in [-0.2, -0.15) is 5.10 Å². The number of benzene rings is 1. The maximum atomic E-state index is 11.7. The number of hydrogen-bond donors (Lipinski definition) is 2. The van der Waals surface area contributed by atoms with Gasteiger partial charge in [0.2, 0.25) is 5.91 Å². The molecule has 5 rings (SSSR count). The molecule has 2 N–H and O–H groups in total. The molecular weight excluding hydrogens is 424 g/mol. The maximum absolute atomic E-state index is 11.7. The molecular formula is C27H34N6O. The van der Waals surface area contributed by atoms with Crippen molar-refractivity contribution in [1.82, 2.24) is 29.8 Å². The standard InChI is InChI=1S/C27H34N6O/c1-16(2)26-22-14-20(19-10-12-32(13-11-19)15-25(34)28-5)6-8-23(22)30-27(26)21-7-9-24-29-18(4)31-33(24)17(21)3/h6-9,14,16,19,30H,10-13,15H2,1-5H3,(H,28,34). The molecule has 178 valence electrons. The summed E-state index contributed by atoms with van der Waals surface area (Å²) in [5.41, 5.74) is 8.25. The Hall–Kier alpha value is -3.19. The first-order valence-electron chi connectivity index (χ1n) is 12.3. The minimum atomic E-state index is 0.0934. The summed E-state index contributed by atoms with van der Waals surface area (Å²) in [6.45, 7) is 11.0. The van der Waals surface area contributed by atoms with E-state index in [1.807, 2.05) is 11.4 Å². The average Bonchev–Trinajstić information content (AvgIpc) is 3.39. The topological polar surface area (TPSA) is 78.3 Å². The number of piperidine rings is 1. The molecule has 1 aromatic carbocycles. The quantitative estimate of drug-likeness (QED) is 0.460. The molecule has 0 unspecified atom stereocenters. The number of amides is 1. The number of likely N-dealkylation sites (N-methyl/N-ethyl adjacent to an activating group) is 1. The van der Waals surface area contributed by atoms with Crippen molar-refractivity contribution in [2.24, 2.45) is 0 Å². The van der Waals surface area contributed by atoms with Crippen LogP contribution in [-0.4, -0.2) is 57.1 Å². The fourth-order valence-corrected chi connectivity index (χ4v) is 5.45. The number of pyridine rings is 1. The molecule has 0 radical (unpaired) electrons. The van der Waals surface area contributed by atoms with E-state index in [2.05, 4.69) is 76.4 Å². The number of aromatic amines is 1. The van der Waals surface area contributed by atoms with Crippen molar-refractivity contribution in [1.29, 1.82) is 0 Å². The van der Waals surface area contributed by atoms with Crippen molar-refractivity contribution in [2.45, 2.75) is 52.4 Å². The van der Waals surface area contributed by atoms with Gasteiger partial charge in [-0.3, -0.25) is 9.69 Å². The van der Waals surface area contributed by atoms with Gasteiger partial charge in [0.05, 0.1) is 17.9 Å². The molecule has 0 aliphatic carbocycles. The van der Waals surface area contributed by atoms with Gasteiger partial charge in [-0.25, -0.2) is 9.50 Å². The molecule has 0 atom stereocenters. The molecule has 1 amide bonds. The van der Waals surface area contributed by atoms with Gasteiger partial charge in [-0.05, 0) is 87.0 Å². The Morgan fingerprint density at radius 3 is 2.65 bits per heavy atom. The van der Waals surface area contributed by atoms with Crippen molar-refractivity contribution < 1.29 is 4.79 Å². The Balaban J connectivity index is 1.50. The summed E-state index contributed by atoms with van der Waals surface area (Å²) in [7, 11) is 1.70. The molecule has 0 bridgehead atoms. The van der Waals surface area contributed by atoms with Gasteiger partial charge >= 0.3 is 0 Å². The number of nitrogens with one attached hydrogen (secondary N) is 2. The van der Waals surface area contributed by atoms with Crippen LogP contribution in [0.2, 0.25) is 0 Å². The normalized spacial score (nSPS) is 15.6. The smallest absolute Gasteiger partial charge is 0.233 e. The van der Waals surface area contributed by atoms with Crippen LogP contribution < -0.4 is 5.32 Å². The number of hydrogen-bond acceptors (Lipinski definition) is 4. The molecule has 1 aliphatic heterocycles. The van der Waals surface area contributed by atoms with Crippen molar-refractivity contribution in [3.8, 4) is 11.3 Å². The van der Waals surface area contributed by atoms with Crippen LogP contribution in [0.15, 0.2) is 30.3 Å². The molecule has 1 aliphatic rings. The summed E-state index contributed by atoms with van der Waals surface area (Å²) >= 11 is 0. The predicted molar refractivity (Wildman–Crippen MR) is 136 cm³/mol. The summed E-state index contributed by atoms with van der Waals surface area (Å²) in [5, 5.41) is 8.63. The van der Waals surface area contributed by atoms with Gasteiger partial charge in [-0.1, -0.05) is 19.9 Å². The summed E-state index contributed by atoms with van der Waals surface area (Å²) < 4.78 is 1.94. The summed E-state index contributed by atoms with van der Waals surface area (Å²) in [4.78, 5) is 22.2. The number of H-pyrrole nitrogens is 1. The van der Waals surface area contributed by atoms with Crippen molar-refractivity contribution in [3.63, 3.8) is 0 Å². The van der Waals surface area contributed by atoms with Crippen molar-refractivity contribution in [3.05, 3.63) is 53.0 Å². The monoisotopic (exact) mass is 458 g/mol. The Labute approximate surface area is 200 Å².